The quantitative estimate of drug-likeness (QED) is 0.898. The zero-order valence-corrected chi connectivity index (χ0v) is 11.9. The monoisotopic (exact) mass is 288 g/mol. The molecule has 0 saturated carbocycles. The fourth-order valence-electron chi connectivity index (χ4n) is 2.62. The Labute approximate surface area is 123 Å². The van der Waals surface area contributed by atoms with Gasteiger partial charge in [-0.1, -0.05) is 35.5 Å². The van der Waals surface area contributed by atoms with Gasteiger partial charge in [0.2, 0.25) is 0 Å². The number of hydrogen-bond donors (Lipinski definition) is 2. The fourth-order valence-corrected chi connectivity index (χ4v) is 2.62. The van der Waals surface area contributed by atoms with Gasteiger partial charge in [-0.3, -0.25) is 0 Å². The predicted octanol–water partition coefficient (Wildman–Crippen LogP) is 1.83. The summed E-state index contributed by atoms with van der Waals surface area (Å²) >= 11 is 0. The highest BCUT2D eigenvalue weighted by Gasteiger charge is 2.22. The molecule has 2 aromatic rings. The Hall–Kier alpha value is -1.69. The Morgan fingerprint density at radius 3 is 2.67 bits per heavy atom. The number of hydrogen-bond acceptors (Lipinski definition) is 5. The van der Waals surface area contributed by atoms with Crippen molar-refractivity contribution in [1.82, 2.24) is 10.1 Å². The first-order chi connectivity index (χ1) is 10.2. The van der Waals surface area contributed by atoms with Crippen molar-refractivity contribution in [3.05, 3.63) is 42.1 Å². The van der Waals surface area contributed by atoms with Gasteiger partial charge < -0.3 is 19.6 Å². The van der Waals surface area contributed by atoms with Crippen molar-refractivity contribution < 1.29 is 14.7 Å². The summed E-state index contributed by atoms with van der Waals surface area (Å²) in [7, 11) is 0. The van der Waals surface area contributed by atoms with Gasteiger partial charge in [-0.05, 0) is 12.8 Å². The van der Waals surface area contributed by atoms with Crippen molar-refractivity contribution >= 4 is 0 Å². The maximum absolute atomic E-state index is 10.3. The molecule has 1 aromatic carbocycles. The van der Waals surface area contributed by atoms with Gasteiger partial charge in [0.25, 0.3) is 0 Å². The molecule has 2 heterocycles. The van der Waals surface area contributed by atoms with Gasteiger partial charge >= 0.3 is 0 Å². The molecule has 0 spiro atoms. The minimum absolute atomic E-state index is 0.199. The zero-order chi connectivity index (χ0) is 14.7. The van der Waals surface area contributed by atoms with Crippen LogP contribution in [0.15, 0.2) is 40.9 Å². The molecular formula is C16H20N2O3. The molecule has 0 radical (unpaired) electrons. The Kier molecular flexibility index (Phi) is 4.34. The Balaban J connectivity index is 1.63. The van der Waals surface area contributed by atoms with E-state index in [0.717, 1.165) is 31.5 Å². The lowest BCUT2D eigenvalue weighted by molar-refractivity contribution is 0.0487. The summed E-state index contributed by atoms with van der Waals surface area (Å²) in [5.41, 5.74) is 1.50. The minimum Gasteiger partial charge on any atom is -0.393 e. The van der Waals surface area contributed by atoms with Crippen LogP contribution in [0.1, 0.15) is 24.6 Å². The van der Waals surface area contributed by atoms with Crippen LogP contribution in [0, 0.1) is 0 Å². The van der Waals surface area contributed by atoms with E-state index in [4.69, 9.17) is 4.52 Å². The van der Waals surface area contributed by atoms with Crippen LogP contribution in [-0.2, 0) is 0 Å². The second-order valence-electron chi connectivity index (χ2n) is 5.53. The molecule has 0 aliphatic carbocycles. The van der Waals surface area contributed by atoms with Crippen LogP contribution >= 0.6 is 0 Å². The molecule has 1 aliphatic rings. The van der Waals surface area contributed by atoms with Gasteiger partial charge in [0.1, 0.15) is 11.8 Å². The second-order valence-corrected chi connectivity index (χ2v) is 5.53. The highest BCUT2D eigenvalue weighted by molar-refractivity contribution is 5.56. The Morgan fingerprint density at radius 1 is 1.24 bits per heavy atom. The van der Waals surface area contributed by atoms with Crippen LogP contribution in [0.4, 0.5) is 0 Å². The van der Waals surface area contributed by atoms with E-state index < -0.39 is 6.10 Å². The highest BCUT2D eigenvalue weighted by atomic mass is 16.5. The molecule has 5 heteroatoms. The molecule has 2 N–H and O–H groups in total. The standard InChI is InChI=1S/C16H20N2O3/c19-13-6-8-18(9-7-13)11-15(20)14-10-16(21-17-14)12-4-2-1-3-5-12/h1-5,10,13,15,19-20H,6-9,11H2. The van der Waals surface area contributed by atoms with E-state index in [-0.39, 0.29) is 6.10 Å². The third-order valence-corrected chi connectivity index (χ3v) is 3.92. The van der Waals surface area contributed by atoms with Crippen molar-refractivity contribution in [3.63, 3.8) is 0 Å². The van der Waals surface area contributed by atoms with Crippen molar-refractivity contribution in [1.29, 1.82) is 0 Å². The lowest BCUT2D eigenvalue weighted by Crippen LogP contribution is -2.38. The Morgan fingerprint density at radius 2 is 1.95 bits per heavy atom. The lowest BCUT2D eigenvalue weighted by Gasteiger charge is -2.30. The third-order valence-electron chi connectivity index (χ3n) is 3.92. The molecule has 112 valence electrons. The van der Waals surface area contributed by atoms with Crippen molar-refractivity contribution in [2.75, 3.05) is 19.6 Å². The van der Waals surface area contributed by atoms with Crippen molar-refractivity contribution in [2.24, 2.45) is 0 Å². The molecule has 3 rings (SSSR count). The maximum atomic E-state index is 10.3. The SMILES string of the molecule is OC1CCN(CC(O)c2cc(-c3ccccc3)on2)CC1. The van der Waals surface area contributed by atoms with Gasteiger partial charge in [0.15, 0.2) is 5.76 Å². The number of benzene rings is 1. The van der Waals surface area contributed by atoms with Crippen molar-refractivity contribution in [2.45, 2.75) is 25.0 Å². The second kappa shape index (κ2) is 6.39. The molecule has 0 bridgehead atoms. The first kappa shape index (κ1) is 14.3. The van der Waals surface area contributed by atoms with Gasteiger partial charge in [0, 0.05) is 31.3 Å². The van der Waals surface area contributed by atoms with Crippen LogP contribution in [0.5, 0.6) is 0 Å². The van der Waals surface area contributed by atoms with Crippen LogP contribution in [0.3, 0.4) is 0 Å². The third kappa shape index (κ3) is 3.50. The minimum atomic E-state index is -0.665. The van der Waals surface area contributed by atoms with Crippen LogP contribution in [0.25, 0.3) is 11.3 Å². The molecule has 1 unspecified atom stereocenters. The summed E-state index contributed by atoms with van der Waals surface area (Å²) in [5, 5.41) is 23.7. The summed E-state index contributed by atoms with van der Waals surface area (Å²) in [6.07, 6.45) is 0.665. The topological polar surface area (TPSA) is 69.7 Å². The van der Waals surface area contributed by atoms with Gasteiger partial charge in [-0.2, -0.15) is 0 Å². The Bertz CT molecular complexity index is 562. The van der Waals surface area contributed by atoms with E-state index in [1.54, 1.807) is 6.07 Å². The number of likely N-dealkylation sites (tertiary alicyclic amines) is 1. The first-order valence-electron chi connectivity index (χ1n) is 7.33. The van der Waals surface area contributed by atoms with Gasteiger partial charge in [0.05, 0.1) is 6.10 Å². The lowest BCUT2D eigenvalue weighted by atomic mass is 10.1. The average Bonchev–Trinajstić information content (AvgIpc) is 3.00. The summed E-state index contributed by atoms with van der Waals surface area (Å²) in [6, 6.07) is 11.5. The highest BCUT2D eigenvalue weighted by Crippen LogP contribution is 2.24. The van der Waals surface area contributed by atoms with Crippen LogP contribution < -0.4 is 0 Å². The largest absolute Gasteiger partial charge is 0.393 e. The molecule has 1 saturated heterocycles. The number of aliphatic hydroxyl groups is 2. The molecule has 1 aliphatic heterocycles. The number of nitrogens with zero attached hydrogens (tertiary/aromatic N) is 2. The predicted molar refractivity (Wildman–Crippen MR) is 78.6 cm³/mol. The van der Waals surface area contributed by atoms with Gasteiger partial charge in [-0.15, -0.1) is 0 Å². The van der Waals surface area contributed by atoms with E-state index in [2.05, 4.69) is 10.1 Å². The maximum Gasteiger partial charge on any atom is 0.167 e. The smallest absolute Gasteiger partial charge is 0.167 e. The average molecular weight is 288 g/mol. The van der Waals surface area contributed by atoms with E-state index in [1.807, 2.05) is 30.3 Å². The molecule has 5 nitrogen and oxygen atoms in total. The molecule has 1 aromatic heterocycles. The molecule has 1 fully saturated rings. The summed E-state index contributed by atoms with van der Waals surface area (Å²) in [6.45, 7) is 2.14. The number of β-amino-alcohol motifs (C(OH)–C–C–N with tert-alkyl or cyclic N) is 1. The van der Waals surface area contributed by atoms with E-state index >= 15 is 0 Å². The van der Waals surface area contributed by atoms with Crippen LogP contribution in [0.2, 0.25) is 0 Å². The van der Waals surface area contributed by atoms with Crippen LogP contribution in [-0.4, -0.2) is 46.0 Å². The molecule has 21 heavy (non-hydrogen) atoms. The van der Waals surface area contributed by atoms with E-state index in [1.165, 1.54) is 0 Å². The molecular weight excluding hydrogens is 268 g/mol. The fraction of sp³-hybridized carbons (Fsp3) is 0.438. The molecule has 0 amide bonds. The first-order valence-corrected chi connectivity index (χ1v) is 7.33. The zero-order valence-electron chi connectivity index (χ0n) is 11.9. The summed E-state index contributed by atoms with van der Waals surface area (Å²) in [5.74, 6) is 0.665. The van der Waals surface area contributed by atoms with Crippen molar-refractivity contribution in [3.8, 4) is 11.3 Å². The molecule has 1 atom stereocenters. The van der Waals surface area contributed by atoms with Gasteiger partial charge in [-0.25, -0.2) is 0 Å². The number of aliphatic hydroxyl groups excluding tert-OH is 2. The van der Waals surface area contributed by atoms with E-state index in [9.17, 15) is 10.2 Å². The summed E-state index contributed by atoms with van der Waals surface area (Å²) in [4.78, 5) is 2.15. The number of aromatic nitrogens is 1. The number of rotatable bonds is 4. The van der Waals surface area contributed by atoms with E-state index in [0.29, 0.717) is 18.0 Å². The summed E-state index contributed by atoms with van der Waals surface area (Å²) < 4.78 is 5.31. The normalized spacial score (nSPS) is 18.8. The number of piperidine rings is 1.